The number of H-pyrrole nitrogens is 1. The Balaban J connectivity index is 1.40. The van der Waals surface area contributed by atoms with Crippen molar-refractivity contribution in [3.05, 3.63) is 97.9 Å². The van der Waals surface area contributed by atoms with Crippen LogP contribution in [0, 0.1) is 20.8 Å². The number of hydrogen-bond donors (Lipinski definition) is 3. The molecular formula is C37H46ClN5O4. The number of piperidine rings is 2. The van der Waals surface area contributed by atoms with Crippen molar-refractivity contribution in [3.63, 3.8) is 0 Å². The number of ether oxygens (including phenoxy) is 1. The van der Waals surface area contributed by atoms with Gasteiger partial charge in [-0.05, 0) is 105 Å². The Morgan fingerprint density at radius 2 is 1.74 bits per heavy atom. The standard InChI is InChI=1S/C37H46ClN5O4/c1-6-35(44)43-15-9-29(10-16-43)41-34-20-28(26-7-8-27(33(38)19-26)22-42-13-11-30(47-5)12-14-42)18-31(25(34)4)36(45)39-21-32-23(2)17-24(3)40-37(32)46/h6-8,17-20,29-30,41H,1,9-16,21-22H2,2-5H3,(H,39,45)(H,40,46). The second-order valence-corrected chi connectivity index (χ2v) is 13.2. The molecule has 2 aromatic carbocycles. The van der Waals surface area contributed by atoms with E-state index in [4.69, 9.17) is 16.3 Å². The number of rotatable bonds is 10. The minimum atomic E-state index is -0.264. The first-order valence-corrected chi connectivity index (χ1v) is 16.8. The molecule has 10 heteroatoms. The summed E-state index contributed by atoms with van der Waals surface area (Å²) in [7, 11) is 1.78. The molecule has 0 aliphatic carbocycles. The van der Waals surface area contributed by atoms with Gasteiger partial charge < -0.3 is 25.3 Å². The lowest BCUT2D eigenvalue weighted by Crippen LogP contribution is -2.41. The van der Waals surface area contributed by atoms with Gasteiger partial charge >= 0.3 is 0 Å². The van der Waals surface area contributed by atoms with Crippen molar-refractivity contribution in [2.24, 2.45) is 0 Å². The van der Waals surface area contributed by atoms with Gasteiger partial charge in [-0.3, -0.25) is 19.3 Å². The average Bonchev–Trinajstić information content (AvgIpc) is 3.06. The fraction of sp³-hybridized carbons (Fsp3) is 0.432. The summed E-state index contributed by atoms with van der Waals surface area (Å²) in [5, 5.41) is 7.34. The number of aromatic amines is 1. The van der Waals surface area contributed by atoms with Gasteiger partial charge in [0.2, 0.25) is 5.91 Å². The smallest absolute Gasteiger partial charge is 0.253 e. The van der Waals surface area contributed by atoms with Crippen molar-refractivity contribution in [1.29, 1.82) is 0 Å². The summed E-state index contributed by atoms with van der Waals surface area (Å²) in [6.45, 7) is 13.4. The largest absolute Gasteiger partial charge is 0.382 e. The first-order valence-electron chi connectivity index (χ1n) is 16.4. The number of benzene rings is 2. The van der Waals surface area contributed by atoms with Crippen LogP contribution in [0.25, 0.3) is 11.1 Å². The number of methoxy groups -OCH3 is 1. The normalized spacial score (nSPS) is 16.2. The van der Waals surface area contributed by atoms with Crippen molar-refractivity contribution in [2.45, 2.75) is 71.7 Å². The molecule has 2 fully saturated rings. The quantitative estimate of drug-likeness (QED) is 0.239. The molecule has 47 heavy (non-hydrogen) atoms. The van der Waals surface area contributed by atoms with Crippen LogP contribution >= 0.6 is 11.6 Å². The summed E-state index contributed by atoms with van der Waals surface area (Å²) in [6, 6.07) is 12.1. The number of nitrogens with zero attached hydrogens (tertiary/aromatic N) is 2. The van der Waals surface area contributed by atoms with Gasteiger partial charge in [-0.15, -0.1) is 0 Å². The number of pyridine rings is 1. The fourth-order valence-electron chi connectivity index (χ4n) is 6.62. The number of amides is 2. The van der Waals surface area contributed by atoms with E-state index in [0.717, 1.165) is 84.5 Å². The second-order valence-electron chi connectivity index (χ2n) is 12.8. The summed E-state index contributed by atoms with van der Waals surface area (Å²) in [4.78, 5) is 45.5. The Morgan fingerprint density at radius 3 is 2.38 bits per heavy atom. The molecule has 0 atom stereocenters. The molecule has 9 nitrogen and oxygen atoms in total. The van der Waals surface area contributed by atoms with Crippen molar-refractivity contribution in [2.75, 3.05) is 38.6 Å². The van der Waals surface area contributed by atoms with Crippen molar-refractivity contribution in [1.82, 2.24) is 20.1 Å². The Labute approximate surface area is 282 Å². The lowest BCUT2D eigenvalue weighted by molar-refractivity contribution is -0.126. The van der Waals surface area contributed by atoms with E-state index in [0.29, 0.717) is 35.3 Å². The zero-order valence-corrected chi connectivity index (χ0v) is 28.6. The van der Waals surface area contributed by atoms with Crippen molar-refractivity contribution >= 4 is 29.1 Å². The number of anilines is 1. The number of halogens is 1. The maximum Gasteiger partial charge on any atom is 0.253 e. The van der Waals surface area contributed by atoms with Crippen molar-refractivity contribution < 1.29 is 14.3 Å². The van der Waals surface area contributed by atoms with Crippen LogP contribution in [0.3, 0.4) is 0 Å². The van der Waals surface area contributed by atoms with E-state index in [-0.39, 0.29) is 30.0 Å². The fourth-order valence-corrected chi connectivity index (χ4v) is 6.86. The van der Waals surface area contributed by atoms with Gasteiger partial charge in [0.05, 0.1) is 6.10 Å². The molecule has 3 N–H and O–H groups in total. The van der Waals surface area contributed by atoms with Crippen LogP contribution in [-0.4, -0.2) is 72.0 Å². The van der Waals surface area contributed by atoms with Gasteiger partial charge in [0.1, 0.15) is 0 Å². The first-order chi connectivity index (χ1) is 22.6. The summed E-state index contributed by atoms with van der Waals surface area (Å²) in [6.07, 6.45) is 5.27. The molecule has 0 saturated carbocycles. The minimum absolute atomic E-state index is 0.0528. The topological polar surface area (TPSA) is 107 Å². The Hall–Kier alpha value is -3.92. The third-order valence-electron chi connectivity index (χ3n) is 9.56. The van der Waals surface area contributed by atoms with E-state index in [9.17, 15) is 14.4 Å². The lowest BCUT2D eigenvalue weighted by atomic mass is 9.95. The monoisotopic (exact) mass is 659 g/mol. The molecule has 2 saturated heterocycles. The molecule has 3 heterocycles. The number of carbonyl (C=O) groups excluding carboxylic acids is 2. The molecule has 250 valence electrons. The second kappa shape index (κ2) is 15.3. The van der Waals surface area contributed by atoms with Gasteiger partial charge in [-0.1, -0.05) is 30.3 Å². The summed E-state index contributed by atoms with van der Waals surface area (Å²) in [5.41, 5.74) is 6.97. The number of aryl methyl sites for hydroxylation is 2. The minimum Gasteiger partial charge on any atom is -0.382 e. The maximum atomic E-state index is 13.7. The van der Waals surface area contributed by atoms with E-state index in [1.165, 1.54) is 6.08 Å². The molecule has 2 amide bonds. The Kier molecular flexibility index (Phi) is 11.2. The number of nitrogens with one attached hydrogen (secondary N) is 3. The Morgan fingerprint density at radius 1 is 1.02 bits per heavy atom. The summed E-state index contributed by atoms with van der Waals surface area (Å²) >= 11 is 6.87. The average molecular weight is 660 g/mol. The third-order valence-corrected chi connectivity index (χ3v) is 9.91. The maximum absolute atomic E-state index is 13.7. The van der Waals surface area contributed by atoms with Crippen LogP contribution in [0.1, 0.15) is 64.0 Å². The van der Waals surface area contributed by atoms with E-state index in [1.807, 2.05) is 43.9 Å². The van der Waals surface area contributed by atoms with Crippen molar-refractivity contribution in [3.8, 4) is 11.1 Å². The number of aromatic nitrogens is 1. The molecule has 2 aliphatic rings. The molecule has 3 aromatic rings. The van der Waals surface area contributed by atoms with Crippen LogP contribution in [0.5, 0.6) is 0 Å². The molecular weight excluding hydrogens is 614 g/mol. The van der Waals surface area contributed by atoms with E-state index >= 15 is 0 Å². The molecule has 0 radical (unpaired) electrons. The predicted molar refractivity (Wildman–Crippen MR) is 188 cm³/mol. The van der Waals surface area contributed by atoms with Crippen LogP contribution in [0.4, 0.5) is 5.69 Å². The zero-order chi connectivity index (χ0) is 33.7. The zero-order valence-electron chi connectivity index (χ0n) is 27.9. The number of carbonyl (C=O) groups is 2. The van der Waals surface area contributed by atoms with E-state index in [2.05, 4.69) is 45.3 Å². The molecule has 0 unspecified atom stereocenters. The molecule has 0 bridgehead atoms. The highest BCUT2D eigenvalue weighted by atomic mass is 35.5. The van der Waals surface area contributed by atoms with Crippen LogP contribution in [0.15, 0.2) is 53.8 Å². The SMILES string of the molecule is C=CC(=O)N1CCC(Nc2cc(-c3ccc(CN4CCC(OC)CC4)c(Cl)c3)cc(C(=O)NCc3c(C)cc(C)[nH]c3=O)c2C)CC1. The van der Waals surface area contributed by atoms with Gasteiger partial charge in [0.15, 0.2) is 0 Å². The molecule has 5 rings (SSSR count). The first kappa shape index (κ1) is 34.4. The van der Waals surface area contributed by atoms with Crippen LogP contribution in [0.2, 0.25) is 5.02 Å². The molecule has 0 spiro atoms. The van der Waals surface area contributed by atoms with Gasteiger partial charge in [-0.25, -0.2) is 0 Å². The van der Waals surface area contributed by atoms with Crippen LogP contribution in [-0.2, 0) is 22.6 Å². The Bertz CT molecular complexity index is 1690. The number of likely N-dealkylation sites (tertiary alicyclic amines) is 2. The summed E-state index contributed by atoms with van der Waals surface area (Å²) in [5.74, 6) is -0.316. The highest BCUT2D eigenvalue weighted by Gasteiger charge is 2.24. The van der Waals surface area contributed by atoms with Crippen LogP contribution < -0.4 is 16.2 Å². The predicted octanol–water partition coefficient (Wildman–Crippen LogP) is 5.75. The molecule has 1 aromatic heterocycles. The van der Waals surface area contributed by atoms with Gasteiger partial charge in [0.25, 0.3) is 11.5 Å². The van der Waals surface area contributed by atoms with E-state index in [1.54, 1.807) is 7.11 Å². The third kappa shape index (κ3) is 8.33. The molecule has 2 aliphatic heterocycles. The van der Waals surface area contributed by atoms with Gasteiger partial charge in [-0.2, -0.15) is 0 Å². The number of hydrogen-bond acceptors (Lipinski definition) is 6. The highest BCUT2D eigenvalue weighted by Crippen LogP contribution is 2.33. The summed E-state index contributed by atoms with van der Waals surface area (Å²) < 4.78 is 5.52. The van der Waals surface area contributed by atoms with E-state index < -0.39 is 0 Å². The van der Waals surface area contributed by atoms with Gasteiger partial charge in [0, 0.05) is 80.0 Å². The highest BCUT2D eigenvalue weighted by molar-refractivity contribution is 6.31. The lowest BCUT2D eigenvalue weighted by Gasteiger charge is -2.33.